The summed E-state index contributed by atoms with van der Waals surface area (Å²) in [6, 6.07) is -1.83. The van der Waals surface area contributed by atoms with Gasteiger partial charge in [0.1, 0.15) is 17.8 Å². The number of esters is 1. The number of hydrogen-bond donors (Lipinski definition) is 4. The van der Waals surface area contributed by atoms with Crippen molar-refractivity contribution in [1.29, 1.82) is 0 Å². The molecule has 1 aliphatic rings. The standard InChI is InChI=1S/C27H43N5O6/c1-8-38-20(33)13-17-9-10-27(7,37)18(17)14-30-25(36)22(26(4,5)6)32-24(35)21(16(2)3)31-23(34)19-15-28-11-12-29-19/h11-12,15-18,21-22,37H,8-10,13-14H2,1-7H3,(H,30,36)(H,31,34)(H,32,35)/t17-,18+,21-,22-,27-/m1/s1. The normalized spacial score (nSPS) is 22.9. The van der Waals surface area contributed by atoms with Gasteiger partial charge in [-0.2, -0.15) is 0 Å². The molecule has 0 aliphatic heterocycles. The van der Waals surface area contributed by atoms with Crippen molar-refractivity contribution in [3.8, 4) is 0 Å². The van der Waals surface area contributed by atoms with Gasteiger partial charge < -0.3 is 25.8 Å². The molecule has 0 unspecified atom stereocenters. The zero-order valence-electron chi connectivity index (χ0n) is 23.5. The van der Waals surface area contributed by atoms with Crippen LogP contribution in [-0.4, -0.2) is 69.6 Å². The summed E-state index contributed by atoms with van der Waals surface area (Å²) in [5.74, 6) is -2.52. The molecule has 0 aromatic carbocycles. The average Bonchev–Trinajstić information content (AvgIpc) is 3.11. The maximum Gasteiger partial charge on any atom is 0.306 e. The van der Waals surface area contributed by atoms with Gasteiger partial charge in [0.2, 0.25) is 11.8 Å². The maximum absolute atomic E-state index is 13.4. The Bertz CT molecular complexity index is 976. The molecule has 1 aromatic heterocycles. The van der Waals surface area contributed by atoms with Crippen molar-refractivity contribution in [2.45, 2.75) is 85.4 Å². The van der Waals surface area contributed by atoms with Gasteiger partial charge >= 0.3 is 5.97 Å². The molecular weight excluding hydrogens is 490 g/mol. The molecule has 1 aromatic rings. The number of amides is 3. The molecule has 11 heteroatoms. The summed E-state index contributed by atoms with van der Waals surface area (Å²) in [6.45, 7) is 13.0. The van der Waals surface area contributed by atoms with Gasteiger partial charge in [0, 0.05) is 31.3 Å². The molecule has 0 radical (unpaired) electrons. The predicted molar refractivity (Wildman–Crippen MR) is 141 cm³/mol. The topological polar surface area (TPSA) is 160 Å². The van der Waals surface area contributed by atoms with Gasteiger partial charge in [0.05, 0.1) is 18.4 Å². The van der Waals surface area contributed by atoms with Crippen molar-refractivity contribution >= 4 is 23.7 Å². The average molecular weight is 534 g/mol. The van der Waals surface area contributed by atoms with Crippen LogP contribution < -0.4 is 16.0 Å². The summed E-state index contributed by atoms with van der Waals surface area (Å²) in [5.41, 5.74) is -1.62. The van der Waals surface area contributed by atoms with Crippen LogP contribution in [-0.2, 0) is 19.1 Å². The van der Waals surface area contributed by atoms with Crippen LogP contribution in [0.3, 0.4) is 0 Å². The zero-order valence-corrected chi connectivity index (χ0v) is 23.5. The summed E-state index contributed by atoms with van der Waals surface area (Å²) in [4.78, 5) is 59.2. The molecule has 38 heavy (non-hydrogen) atoms. The molecular formula is C27H43N5O6. The van der Waals surface area contributed by atoms with Crippen LogP contribution in [0.4, 0.5) is 0 Å². The van der Waals surface area contributed by atoms with E-state index in [0.29, 0.717) is 12.8 Å². The van der Waals surface area contributed by atoms with Crippen molar-refractivity contribution in [3.63, 3.8) is 0 Å². The summed E-state index contributed by atoms with van der Waals surface area (Å²) in [6.07, 6.45) is 5.47. The van der Waals surface area contributed by atoms with Crippen molar-refractivity contribution in [1.82, 2.24) is 25.9 Å². The fourth-order valence-corrected chi connectivity index (χ4v) is 4.82. The van der Waals surface area contributed by atoms with Gasteiger partial charge in [-0.05, 0) is 43.9 Å². The second kappa shape index (κ2) is 13.1. The lowest BCUT2D eigenvalue weighted by Crippen LogP contribution is -2.59. The van der Waals surface area contributed by atoms with Crippen molar-refractivity contribution < 1.29 is 29.0 Å². The lowest BCUT2D eigenvalue weighted by atomic mass is 9.83. The van der Waals surface area contributed by atoms with Crippen LogP contribution in [0.1, 0.15) is 78.2 Å². The van der Waals surface area contributed by atoms with Gasteiger partial charge in [-0.1, -0.05) is 34.6 Å². The first-order valence-corrected chi connectivity index (χ1v) is 13.2. The molecule has 212 valence electrons. The number of nitrogens with one attached hydrogen (secondary N) is 3. The van der Waals surface area contributed by atoms with Crippen molar-refractivity contribution in [3.05, 3.63) is 24.3 Å². The highest BCUT2D eigenvalue weighted by atomic mass is 16.5. The minimum atomic E-state index is -1.04. The Balaban J connectivity index is 2.11. The SMILES string of the molecule is CCOC(=O)C[C@H]1CC[C@@](C)(O)[C@H]1CNC(=O)[C@@H](NC(=O)[C@H](NC(=O)c1cnccn1)C(C)C)C(C)(C)C. The van der Waals surface area contributed by atoms with Crippen LogP contribution in [0.2, 0.25) is 0 Å². The highest BCUT2D eigenvalue weighted by Crippen LogP contribution is 2.41. The van der Waals surface area contributed by atoms with Gasteiger partial charge in [-0.3, -0.25) is 24.2 Å². The number of hydrogen-bond acceptors (Lipinski definition) is 8. The van der Waals surface area contributed by atoms with E-state index in [4.69, 9.17) is 4.74 Å². The zero-order chi connectivity index (χ0) is 28.7. The molecule has 1 heterocycles. The van der Waals surface area contributed by atoms with Crippen LogP contribution in [0.15, 0.2) is 18.6 Å². The maximum atomic E-state index is 13.4. The van der Waals surface area contributed by atoms with Crippen molar-refractivity contribution in [2.75, 3.05) is 13.2 Å². The van der Waals surface area contributed by atoms with E-state index in [1.807, 2.05) is 20.8 Å². The molecule has 1 aliphatic carbocycles. The largest absolute Gasteiger partial charge is 0.466 e. The monoisotopic (exact) mass is 533 g/mol. The molecule has 5 atom stereocenters. The molecule has 4 N–H and O–H groups in total. The summed E-state index contributed by atoms with van der Waals surface area (Å²) in [7, 11) is 0. The molecule has 1 saturated carbocycles. The first kappa shape index (κ1) is 31.1. The Morgan fingerprint density at radius 1 is 1.16 bits per heavy atom. The highest BCUT2D eigenvalue weighted by Gasteiger charge is 2.45. The Kier molecular flexibility index (Phi) is 10.8. The van der Waals surface area contributed by atoms with Crippen LogP contribution in [0.5, 0.6) is 0 Å². The first-order chi connectivity index (χ1) is 17.7. The highest BCUT2D eigenvalue weighted by molar-refractivity contribution is 5.97. The molecule has 0 saturated heterocycles. The number of rotatable bonds is 11. The van der Waals surface area contributed by atoms with Gasteiger partial charge in [-0.25, -0.2) is 4.98 Å². The number of carbonyl (C=O) groups is 4. The smallest absolute Gasteiger partial charge is 0.306 e. The fourth-order valence-electron chi connectivity index (χ4n) is 4.82. The van der Waals surface area contributed by atoms with E-state index in [2.05, 4.69) is 25.9 Å². The lowest BCUT2D eigenvalue weighted by molar-refractivity contribution is -0.144. The third kappa shape index (κ3) is 8.47. The lowest BCUT2D eigenvalue weighted by Gasteiger charge is -2.34. The van der Waals surface area contributed by atoms with E-state index in [1.54, 1.807) is 27.7 Å². The summed E-state index contributed by atoms with van der Waals surface area (Å²) >= 11 is 0. The Morgan fingerprint density at radius 2 is 1.84 bits per heavy atom. The molecule has 1 fully saturated rings. The number of aliphatic hydroxyl groups is 1. The van der Waals surface area contributed by atoms with Gasteiger partial charge in [0.25, 0.3) is 5.91 Å². The van der Waals surface area contributed by atoms with E-state index < -0.39 is 40.8 Å². The molecule has 11 nitrogen and oxygen atoms in total. The van der Waals surface area contributed by atoms with E-state index in [-0.39, 0.29) is 49.0 Å². The van der Waals surface area contributed by atoms with Crippen molar-refractivity contribution in [2.24, 2.45) is 23.2 Å². The minimum absolute atomic E-state index is 0.0806. The van der Waals surface area contributed by atoms with E-state index in [1.165, 1.54) is 18.6 Å². The number of carbonyl (C=O) groups excluding carboxylic acids is 4. The van der Waals surface area contributed by atoms with Crippen LogP contribution in [0, 0.1) is 23.2 Å². The second-order valence-corrected chi connectivity index (χ2v) is 11.6. The Hall–Kier alpha value is -3.08. The van der Waals surface area contributed by atoms with Crippen LogP contribution >= 0.6 is 0 Å². The second-order valence-electron chi connectivity index (χ2n) is 11.6. The summed E-state index contributed by atoms with van der Waals surface area (Å²) < 4.78 is 5.08. The fraction of sp³-hybridized carbons (Fsp3) is 0.704. The molecule has 3 amide bonds. The predicted octanol–water partition coefficient (Wildman–Crippen LogP) is 1.61. The number of ether oxygens (including phenoxy) is 1. The van der Waals surface area contributed by atoms with E-state index in [9.17, 15) is 24.3 Å². The Labute approximate surface area is 224 Å². The molecule has 0 bridgehead atoms. The Morgan fingerprint density at radius 3 is 2.39 bits per heavy atom. The van der Waals surface area contributed by atoms with E-state index >= 15 is 0 Å². The van der Waals surface area contributed by atoms with E-state index in [0.717, 1.165) is 0 Å². The third-order valence-electron chi connectivity index (χ3n) is 7.07. The quantitative estimate of drug-likeness (QED) is 0.312. The number of nitrogens with zero attached hydrogens (tertiary/aromatic N) is 2. The van der Waals surface area contributed by atoms with Crippen LogP contribution in [0.25, 0.3) is 0 Å². The van der Waals surface area contributed by atoms with Gasteiger partial charge in [-0.15, -0.1) is 0 Å². The summed E-state index contributed by atoms with van der Waals surface area (Å²) in [5, 5.41) is 19.3. The first-order valence-electron chi connectivity index (χ1n) is 13.2. The molecule has 2 rings (SSSR count). The third-order valence-corrected chi connectivity index (χ3v) is 7.07. The van der Waals surface area contributed by atoms with Gasteiger partial charge in [0.15, 0.2) is 0 Å². The molecule has 0 spiro atoms. The minimum Gasteiger partial charge on any atom is -0.466 e. The number of aromatic nitrogens is 2.